The summed E-state index contributed by atoms with van der Waals surface area (Å²) in [5.74, 6) is 1.11. The van der Waals surface area contributed by atoms with Crippen molar-refractivity contribution in [3.8, 4) is 22.8 Å². The lowest BCUT2D eigenvalue weighted by molar-refractivity contribution is 0.101. The van der Waals surface area contributed by atoms with Gasteiger partial charge in [0.25, 0.3) is 5.91 Å². The van der Waals surface area contributed by atoms with Crippen molar-refractivity contribution in [2.45, 2.75) is 20.8 Å². The molecular weight excluding hydrogens is 388 g/mol. The van der Waals surface area contributed by atoms with Crippen LogP contribution in [0.4, 0.5) is 5.69 Å². The molecule has 1 heterocycles. The molecule has 0 unspecified atom stereocenters. The monoisotopic (exact) mass is 412 g/mol. The van der Waals surface area contributed by atoms with Gasteiger partial charge in [0.15, 0.2) is 5.82 Å². The summed E-state index contributed by atoms with van der Waals surface area (Å²) < 4.78 is 7.19. The van der Waals surface area contributed by atoms with E-state index in [0.717, 1.165) is 28.1 Å². The van der Waals surface area contributed by atoms with Gasteiger partial charge in [-0.25, -0.2) is 9.67 Å². The van der Waals surface area contributed by atoms with Crippen molar-refractivity contribution in [3.05, 3.63) is 89.7 Å². The van der Waals surface area contributed by atoms with Crippen molar-refractivity contribution in [2.75, 3.05) is 11.9 Å². The molecule has 0 fully saturated rings. The van der Waals surface area contributed by atoms with Gasteiger partial charge in [-0.3, -0.25) is 4.79 Å². The van der Waals surface area contributed by atoms with Crippen LogP contribution in [0.2, 0.25) is 0 Å². The van der Waals surface area contributed by atoms with Crippen LogP contribution in [0.5, 0.6) is 5.75 Å². The van der Waals surface area contributed by atoms with Crippen LogP contribution >= 0.6 is 0 Å². The summed E-state index contributed by atoms with van der Waals surface area (Å²) in [6.07, 6.45) is 0. The molecule has 0 aliphatic carbocycles. The average Bonchev–Trinajstić information content (AvgIpc) is 3.23. The van der Waals surface area contributed by atoms with Crippen LogP contribution in [0.1, 0.15) is 28.7 Å². The van der Waals surface area contributed by atoms with E-state index in [1.165, 1.54) is 0 Å². The Bertz CT molecular complexity index is 1200. The van der Waals surface area contributed by atoms with Gasteiger partial charge in [0, 0.05) is 11.3 Å². The van der Waals surface area contributed by atoms with Crippen LogP contribution in [-0.4, -0.2) is 27.3 Å². The van der Waals surface area contributed by atoms with Crippen molar-refractivity contribution in [1.82, 2.24) is 14.8 Å². The van der Waals surface area contributed by atoms with E-state index in [0.29, 0.717) is 18.1 Å². The van der Waals surface area contributed by atoms with Crippen molar-refractivity contribution in [3.63, 3.8) is 0 Å². The minimum Gasteiger partial charge on any atom is -0.494 e. The summed E-state index contributed by atoms with van der Waals surface area (Å²) in [7, 11) is 0. The van der Waals surface area contributed by atoms with Gasteiger partial charge in [0.1, 0.15) is 5.75 Å². The molecule has 0 aliphatic heterocycles. The fourth-order valence-electron chi connectivity index (χ4n) is 3.30. The number of rotatable bonds is 6. The maximum absolute atomic E-state index is 12.9. The second-order valence-corrected chi connectivity index (χ2v) is 7.17. The molecule has 6 nitrogen and oxygen atoms in total. The number of ether oxygens (including phenoxy) is 1. The Balaban J connectivity index is 1.71. The molecule has 156 valence electrons. The predicted molar refractivity (Wildman–Crippen MR) is 122 cm³/mol. The van der Waals surface area contributed by atoms with Crippen LogP contribution < -0.4 is 10.1 Å². The van der Waals surface area contributed by atoms with Gasteiger partial charge in [0.05, 0.1) is 12.3 Å². The lowest BCUT2D eigenvalue weighted by atomic mass is 10.1. The lowest BCUT2D eigenvalue weighted by Gasteiger charge is -2.10. The number of hydrogen-bond acceptors (Lipinski definition) is 4. The van der Waals surface area contributed by atoms with Crippen LogP contribution in [0.25, 0.3) is 17.1 Å². The minimum atomic E-state index is -0.370. The summed E-state index contributed by atoms with van der Waals surface area (Å²) in [5, 5.41) is 7.43. The fraction of sp³-hybridized carbons (Fsp3) is 0.160. The molecule has 4 aromatic rings. The smallest absolute Gasteiger partial charge is 0.295 e. The largest absolute Gasteiger partial charge is 0.494 e. The topological polar surface area (TPSA) is 69.0 Å². The van der Waals surface area contributed by atoms with Gasteiger partial charge in [0.2, 0.25) is 5.82 Å². The molecule has 4 rings (SSSR count). The second-order valence-electron chi connectivity index (χ2n) is 7.17. The van der Waals surface area contributed by atoms with E-state index in [2.05, 4.69) is 28.4 Å². The Morgan fingerprint density at radius 3 is 2.42 bits per heavy atom. The molecule has 0 atom stereocenters. The number of aryl methyl sites for hydroxylation is 1. The Morgan fingerprint density at radius 2 is 1.71 bits per heavy atom. The third kappa shape index (κ3) is 4.33. The number of aromatic nitrogens is 3. The Hall–Kier alpha value is -3.93. The highest BCUT2D eigenvalue weighted by atomic mass is 16.5. The number of hydrogen-bond donors (Lipinski definition) is 1. The number of benzene rings is 3. The maximum Gasteiger partial charge on any atom is 0.295 e. The van der Waals surface area contributed by atoms with E-state index in [4.69, 9.17) is 4.74 Å². The standard InChI is InChI=1S/C25H24N4O2/c1-4-31-21-15-13-20(14-16-21)26-25(30)23-27-24(19-10-6-5-7-11-19)29(28-23)22-12-8-9-17(2)18(22)3/h5-16H,4H2,1-3H3,(H,26,30). The van der Waals surface area contributed by atoms with Gasteiger partial charge in [-0.05, 0) is 62.2 Å². The van der Waals surface area contributed by atoms with Crippen LogP contribution in [0.15, 0.2) is 72.8 Å². The molecule has 0 radical (unpaired) electrons. The third-order valence-electron chi connectivity index (χ3n) is 5.07. The molecule has 0 saturated carbocycles. The van der Waals surface area contributed by atoms with E-state index in [1.54, 1.807) is 16.8 Å². The predicted octanol–water partition coefficient (Wildman–Crippen LogP) is 5.20. The molecule has 6 heteroatoms. The number of carbonyl (C=O) groups is 1. The second kappa shape index (κ2) is 8.83. The quantitative estimate of drug-likeness (QED) is 0.472. The van der Waals surface area contributed by atoms with E-state index in [1.807, 2.05) is 68.4 Å². The van der Waals surface area contributed by atoms with Crippen molar-refractivity contribution < 1.29 is 9.53 Å². The average molecular weight is 412 g/mol. The summed E-state index contributed by atoms with van der Waals surface area (Å²) in [5.41, 5.74) is 4.66. The van der Waals surface area contributed by atoms with Crippen molar-refractivity contribution in [2.24, 2.45) is 0 Å². The van der Waals surface area contributed by atoms with E-state index in [9.17, 15) is 4.79 Å². The summed E-state index contributed by atoms with van der Waals surface area (Å²) >= 11 is 0. The number of carbonyl (C=O) groups excluding carboxylic acids is 1. The molecular formula is C25H24N4O2. The third-order valence-corrected chi connectivity index (χ3v) is 5.07. The molecule has 3 aromatic carbocycles. The first kappa shape index (κ1) is 20.3. The van der Waals surface area contributed by atoms with Crippen LogP contribution in [-0.2, 0) is 0 Å². The van der Waals surface area contributed by atoms with Gasteiger partial charge >= 0.3 is 0 Å². The van der Waals surface area contributed by atoms with Gasteiger partial charge in [-0.2, -0.15) is 0 Å². The molecule has 1 N–H and O–H groups in total. The summed E-state index contributed by atoms with van der Waals surface area (Å²) in [6, 6.07) is 23.0. The van der Waals surface area contributed by atoms with Crippen LogP contribution in [0.3, 0.4) is 0 Å². The Morgan fingerprint density at radius 1 is 0.968 bits per heavy atom. The highest BCUT2D eigenvalue weighted by Crippen LogP contribution is 2.25. The maximum atomic E-state index is 12.9. The van der Waals surface area contributed by atoms with E-state index >= 15 is 0 Å². The molecule has 0 spiro atoms. The SMILES string of the molecule is CCOc1ccc(NC(=O)c2nc(-c3ccccc3)n(-c3cccc(C)c3C)n2)cc1. The Kier molecular flexibility index (Phi) is 5.80. The number of amides is 1. The molecule has 1 aromatic heterocycles. The van der Waals surface area contributed by atoms with Crippen molar-refractivity contribution >= 4 is 11.6 Å². The van der Waals surface area contributed by atoms with Gasteiger partial charge in [-0.1, -0.05) is 42.5 Å². The molecule has 0 saturated heterocycles. The zero-order valence-electron chi connectivity index (χ0n) is 17.8. The Labute approximate surface area is 181 Å². The van der Waals surface area contributed by atoms with E-state index < -0.39 is 0 Å². The molecule has 0 bridgehead atoms. The lowest BCUT2D eigenvalue weighted by Crippen LogP contribution is -2.14. The highest BCUT2D eigenvalue weighted by Gasteiger charge is 2.20. The van der Waals surface area contributed by atoms with Gasteiger partial charge in [-0.15, -0.1) is 5.10 Å². The number of anilines is 1. The summed E-state index contributed by atoms with van der Waals surface area (Å²) in [4.78, 5) is 17.5. The first-order valence-electron chi connectivity index (χ1n) is 10.2. The zero-order valence-corrected chi connectivity index (χ0v) is 17.8. The highest BCUT2D eigenvalue weighted by molar-refractivity contribution is 6.01. The zero-order chi connectivity index (χ0) is 21.8. The molecule has 31 heavy (non-hydrogen) atoms. The van der Waals surface area contributed by atoms with Crippen molar-refractivity contribution in [1.29, 1.82) is 0 Å². The normalized spacial score (nSPS) is 10.7. The molecule has 1 amide bonds. The fourth-order valence-corrected chi connectivity index (χ4v) is 3.30. The van der Waals surface area contributed by atoms with Gasteiger partial charge < -0.3 is 10.1 Å². The number of nitrogens with one attached hydrogen (secondary N) is 1. The van der Waals surface area contributed by atoms with E-state index in [-0.39, 0.29) is 11.7 Å². The summed E-state index contributed by atoms with van der Waals surface area (Å²) in [6.45, 7) is 6.62. The van der Waals surface area contributed by atoms with Crippen LogP contribution in [0, 0.1) is 13.8 Å². The number of nitrogens with zero attached hydrogens (tertiary/aromatic N) is 3. The minimum absolute atomic E-state index is 0.105. The first-order valence-corrected chi connectivity index (χ1v) is 10.2. The molecule has 0 aliphatic rings. The first-order chi connectivity index (χ1) is 15.1.